The highest BCUT2D eigenvalue weighted by atomic mass is 15.1. The van der Waals surface area contributed by atoms with Crippen molar-refractivity contribution in [2.45, 2.75) is 64.5 Å². The Hall–Kier alpha value is -0.0800. The molecule has 0 aromatic heterocycles. The van der Waals surface area contributed by atoms with Crippen molar-refractivity contribution in [2.75, 3.05) is 13.1 Å². The fourth-order valence-corrected chi connectivity index (χ4v) is 2.85. The van der Waals surface area contributed by atoms with E-state index in [1.54, 1.807) is 0 Å². The number of unbranched alkanes of at least 4 members (excludes halogenated alkanes) is 2. The van der Waals surface area contributed by atoms with Crippen molar-refractivity contribution in [2.24, 2.45) is 5.41 Å². The molecule has 0 aromatic rings. The Morgan fingerprint density at radius 1 is 1.40 bits per heavy atom. The van der Waals surface area contributed by atoms with Gasteiger partial charge < -0.3 is 10.6 Å². The van der Waals surface area contributed by atoms with Crippen LogP contribution in [0.1, 0.15) is 52.4 Å². The van der Waals surface area contributed by atoms with Crippen LogP contribution in [0.4, 0.5) is 0 Å². The summed E-state index contributed by atoms with van der Waals surface area (Å²) in [5.41, 5.74) is 0.666. The molecule has 2 fully saturated rings. The predicted molar refractivity (Wildman–Crippen MR) is 65.1 cm³/mol. The minimum absolute atomic E-state index is 0.666. The molecule has 15 heavy (non-hydrogen) atoms. The Balaban J connectivity index is 1.67. The van der Waals surface area contributed by atoms with E-state index in [0.717, 1.165) is 6.04 Å². The zero-order chi connectivity index (χ0) is 10.7. The van der Waals surface area contributed by atoms with E-state index < -0.39 is 0 Å². The first-order valence-corrected chi connectivity index (χ1v) is 6.73. The summed E-state index contributed by atoms with van der Waals surface area (Å²) in [7, 11) is 0. The Kier molecular flexibility index (Phi) is 3.68. The molecule has 2 N–H and O–H groups in total. The summed E-state index contributed by atoms with van der Waals surface area (Å²) >= 11 is 0. The minimum atomic E-state index is 0.666. The van der Waals surface area contributed by atoms with Crippen LogP contribution < -0.4 is 10.6 Å². The first-order chi connectivity index (χ1) is 7.27. The summed E-state index contributed by atoms with van der Waals surface area (Å²) in [4.78, 5) is 0. The molecule has 1 heterocycles. The average Bonchev–Trinajstić information content (AvgIpc) is 2.87. The second-order valence-electron chi connectivity index (χ2n) is 5.61. The van der Waals surface area contributed by atoms with Crippen molar-refractivity contribution in [3.8, 4) is 0 Å². The van der Waals surface area contributed by atoms with Crippen LogP contribution in [0.2, 0.25) is 0 Å². The van der Waals surface area contributed by atoms with Gasteiger partial charge in [-0.3, -0.25) is 0 Å². The van der Waals surface area contributed by atoms with Crippen molar-refractivity contribution < 1.29 is 0 Å². The quantitative estimate of drug-likeness (QED) is 0.657. The third kappa shape index (κ3) is 2.73. The van der Waals surface area contributed by atoms with E-state index >= 15 is 0 Å². The van der Waals surface area contributed by atoms with Crippen LogP contribution >= 0.6 is 0 Å². The smallest absolute Gasteiger partial charge is 0.0263 e. The standard InChI is InChI=1S/C13H26N2/c1-3-4-5-6-11(2)15-12-9-14-10-13(12)7-8-13/h11-12,14-15H,3-10H2,1-2H3/t11?,12-/m0/s1. The Labute approximate surface area is 94.2 Å². The predicted octanol–water partition coefficient (Wildman–Crippen LogP) is 2.30. The number of hydrogen-bond acceptors (Lipinski definition) is 2. The number of hydrogen-bond donors (Lipinski definition) is 2. The molecule has 2 aliphatic rings. The van der Waals surface area contributed by atoms with Gasteiger partial charge in [0.1, 0.15) is 0 Å². The summed E-state index contributed by atoms with van der Waals surface area (Å²) in [6.45, 7) is 7.08. The van der Waals surface area contributed by atoms with Crippen molar-refractivity contribution >= 4 is 0 Å². The third-order valence-electron chi connectivity index (χ3n) is 4.18. The Morgan fingerprint density at radius 3 is 2.87 bits per heavy atom. The van der Waals surface area contributed by atoms with Gasteiger partial charge in [-0.05, 0) is 31.6 Å². The lowest BCUT2D eigenvalue weighted by molar-refractivity contribution is 0.355. The molecular weight excluding hydrogens is 184 g/mol. The van der Waals surface area contributed by atoms with E-state index in [1.165, 1.54) is 51.6 Å². The molecule has 1 unspecified atom stereocenters. The normalized spacial score (nSPS) is 29.6. The van der Waals surface area contributed by atoms with Crippen molar-refractivity contribution in [3.05, 3.63) is 0 Å². The highest BCUT2D eigenvalue weighted by Gasteiger charge is 2.52. The molecule has 0 bridgehead atoms. The van der Waals surface area contributed by atoms with Gasteiger partial charge in [-0.1, -0.05) is 26.2 Å². The van der Waals surface area contributed by atoms with Crippen LogP contribution in [0.15, 0.2) is 0 Å². The molecule has 2 nitrogen and oxygen atoms in total. The van der Waals surface area contributed by atoms with Crippen LogP contribution in [-0.4, -0.2) is 25.2 Å². The molecule has 0 aromatic carbocycles. The van der Waals surface area contributed by atoms with E-state index in [9.17, 15) is 0 Å². The zero-order valence-electron chi connectivity index (χ0n) is 10.3. The van der Waals surface area contributed by atoms with Gasteiger partial charge in [0.25, 0.3) is 0 Å². The molecule has 1 saturated heterocycles. The molecule has 1 aliphatic carbocycles. The maximum absolute atomic E-state index is 3.83. The molecule has 1 spiro atoms. The third-order valence-corrected chi connectivity index (χ3v) is 4.18. The highest BCUT2D eigenvalue weighted by Crippen LogP contribution is 2.50. The van der Waals surface area contributed by atoms with Crippen molar-refractivity contribution in [3.63, 3.8) is 0 Å². The van der Waals surface area contributed by atoms with Crippen LogP contribution in [0.25, 0.3) is 0 Å². The number of rotatable bonds is 6. The summed E-state index contributed by atoms with van der Waals surface area (Å²) in [5.74, 6) is 0. The van der Waals surface area contributed by atoms with Crippen LogP contribution in [0.3, 0.4) is 0 Å². The van der Waals surface area contributed by atoms with Crippen LogP contribution in [-0.2, 0) is 0 Å². The number of nitrogens with one attached hydrogen (secondary N) is 2. The largest absolute Gasteiger partial charge is 0.315 e. The monoisotopic (exact) mass is 210 g/mol. The topological polar surface area (TPSA) is 24.1 Å². The zero-order valence-corrected chi connectivity index (χ0v) is 10.3. The van der Waals surface area contributed by atoms with Crippen LogP contribution in [0.5, 0.6) is 0 Å². The van der Waals surface area contributed by atoms with E-state index in [1.807, 2.05) is 0 Å². The first-order valence-electron chi connectivity index (χ1n) is 6.73. The van der Waals surface area contributed by atoms with Gasteiger partial charge in [-0.2, -0.15) is 0 Å². The molecule has 2 atom stereocenters. The Morgan fingerprint density at radius 2 is 2.20 bits per heavy atom. The molecule has 0 radical (unpaired) electrons. The molecule has 2 rings (SSSR count). The summed E-state index contributed by atoms with van der Waals surface area (Å²) < 4.78 is 0. The lowest BCUT2D eigenvalue weighted by atomic mass is 9.99. The molecular formula is C13H26N2. The molecule has 1 saturated carbocycles. The Bertz CT molecular complexity index is 199. The first kappa shape index (κ1) is 11.4. The average molecular weight is 210 g/mol. The fraction of sp³-hybridized carbons (Fsp3) is 1.00. The van der Waals surface area contributed by atoms with Gasteiger partial charge >= 0.3 is 0 Å². The lowest BCUT2D eigenvalue weighted by Gasteiger charge is -2.23. The summed E-state index contributed by atoms with van der Waals surface area (Å²) in [5, 5.41) is 7.36. The van der Waals surface area contributed by atoms with Gasteiger partial charge in [0.15, 0.2) is 0 Å². The maximum Gasteiger partial charge on any atom is 0.0263 e. The molecule has 88 valence electrons. The van der Waals surface area contributed by atoms with Gasteiger partial charge in [-0.25, -0.2) is 0 Å². The SMILES string of the molecule is CCCCCC(C)N[C@H]1CNCC12CC2. The second kappa shape index (κ2) is 4.84. The van der Waals surface area contributed by atoms with Gasteiger partial charge in [-0.15, -0.1) is 0 Å². The summed E-state index contributed by atoms with van der Waals surface area (Å²) in [6, 6.07) is 1.47. The van der Waals surface area contributed by atoms with E-state index in [0.29, 0.717) is 11.5 Å². The molecule has 0 amide bonds. The second-order valence-corrected chi connectivity index (χ2v) is 5.61. The fourth-order valence-electron chi connectivity index (χ4n) is 2.85. The van der Waals surface area contributed by atoms with E-state index in [-0.39, 0.29) is 0 Å². The van der Waals surface area contributed by atoms with Gasteiger partial charge in [0, 0.05) is 25.2 Å². The van der Waals surface area contributed by atoms with Gasteiger partial charge in [0.05, 0.1) is 0 Å². The summed E-state index contributed by atoms with van der Waals surface area (Å²) in [6.07, 6.45) is 8.35. The van der Waals surface area contributed by atoms with E-state index in [2.05, 4.69) is 24.5 Å². The van der Waals surface area contributed by atoms with Crippen molar-refractivity contribution in [1.82, 2.24) is 10.6 Å². The lowest BCUT2D eigenvalue weighted by Crippen LogP contribution is -2.42. The van der Waals surface area contributed by atoms with Crippen molar-refractivity contribution in [1.29, 1.82) is 0 Å². The maximum atomic E-state index is 3.83. The van der Waals surface area contributed by atoms with Crippen LogP contribution in [0, 0.1) is 5.41 Å². The highest BCUT2D eigenvalue weighted by molar-refractivity contribution is 5.09. The molecule has 1 aliphatic heterocycles. The minimum Gasteiger partial charge on any atom is -0.315 e. The van der Waals surface area contributed by atoms with Gasteiger partial charge in [0.2, 0.25) is 0 Å². The molecule has 2 heteroatoms. The van der Waals surface area contributed by atoms with E-state index in [4.69, 9.17) is 0 Å².